The van der Waals surface area contributed by atoms with Gasteiger partial charge in [-0.3, -0.25) is 4.79 Å². The fraction of sp³-hybridized carbons (Fsp3) is 0.462. The van der Waals surface area contributed by atoms with Gasteiger partial charge in [-0.25, -0.2) is 9.78 Å². The number of aryl methyl sites for hydroxylation is 2. The molecule has 0 saturated heterocycles. The highest BCUT2D eigenvalue weighted by Crippen LogP contribution is 2.27. The van der Waals surface area contributed by atoms with Crippen molar-refractivity contribution in [2.24, 2.45) is 0 Å². The van der Waals surface area contributed by atoms with Crippen LogP contribution in [-0.4, -0.2) is 22.5 Å². The lowest BCUT2D eigenvalue weighted by atomic mass is 10.2. The first-order valence-electron chi connectivity index (χ1n) is 6.27. The first-order chi connectivity index (χ1) is 9.08. The maximum atomic E-state index is 12.0. The van der Waals surface area contributed by atoms with Crippen LogP contribution >= 0.6 is 11.3 Å². The molecule has 0 aliphatic heterocycles. The standard InChI is InChI=1S/C13H16N2O3S/c1-4-6-8-14-11(16)9-7(3)10(13(17)18-5-2)19-12(9)15-8/h4-6H2,1-3H3,(H,14,15,16). The summed E-state index contributed by atoms with van der Waals surface area (Å²) in [4.78, 5) is 32.1. The molecule has 0 amide bonds. The van der Waals surface area contributed by atoms with Crippen LogP contribution in [0.5, 0.6) is 0 Å². The summed E-state index contributed by atoms with van der Waals surface area (Å²) in [7, 11) is 0. The first-order valence-corrected chi connectivity index (χ1v) is 7.09. The second-order valence-electron chi connectivity index (χ2n) is 4.22. The number of hydrogen-bond donors (Lipinski definition) is 1. The molecular weight excluding hydrogens is 264 g/mol. The molecule has 0 bridgehead atoms. The fourth-order valence-electron chi connectivity index (χ4n) is 1.94. The third-order valence-corrected chi connectivity index (χ3v) is 3.96. The largest absolute Gasteiger partial charge is 0.462 e. The number of aromatic amines is 1. The molecule has 5 nitrogen and oxygen atoms in total. The van der Waals surface area contributed by atoms with E-state index in [-0.39, 0.29) is 11.5 Å². The third-order valence-electron chi connectivity index (χ3n) is 2.80. The maximum Gasteiger partial charge on any atom is 0.348 e. The van der Waals surface area contributed by atoms with Gasteiger partial charge in [-0.05, 0) is 25.8 Å². The van der Waals surface area contributed by atoms with E-state index in [0.29, 0.717) is 33.1 Å². The van der Waals surface area contributed by atoms with Crippen molar-refractivity contribution < 1.29 is 9.53 Å². The smallest absolute Gasteiger partial charge is 0.348 e. The number of nitrogens with zero attached hydrogens (tertiary/aromatic N) is 1. The summed E-state index contributed by atoms with van der Waals surface area (Å²) < 4.78 is 4.99. The van der Waals surface area contributed by atoms with Gasteiger partial charge in [0, 0.05) is 6.42 Å². The Bertz CT molecular complexity index is 672. The van der Waals surface area contributed by atoms with Gasteiger partial charge in [-0.1, -0.05) is 6.92 Å². The van der Waals surface area contributed by atoms with Crippen LogP contribution in [0.3, 0.4) is 0 Å². The summed E-state index contributed by atoms with van der Waals surface area (Å²) in [5.41, 5.74) is 0.466. The van der Waals surface area contributed by atoms with Gasteiger partial charge in [-0.15, -0.1) is 11.3 Å². The third kappa shape index (κ3) is 2.53. The lowest BCUT2D eigenvalue weighted by Crippen LogP contribution is -2.11. The summed E-state index contributed by atoms with van der Waals surface area (Å²) in [6.07, 6.45) is 1.63. The van der Waals surface area contributed by atoms with E-state index in [1.165, 1.54) is 11.3 Å². The van der Waals surface area contributed by atoms with Gasteiger partial charge in [0.25, 0.3) is 5.56 Å². The van der Waals surface area contributed by atoms with Gasteiger partial charge >= 0.3 is 5.97 Å². The quantitative estimate of drug-likeness (QED) is 0.873. The second-order valence-corrected chi connectivity index (χ2v) is 5.22. The lowest BCUT2D eigenvalue weighted by Gasteiger charge is -1.99. The van der Waals surface area contributed by atoms with Crippen LogP contribution in [0.25, 0.3) is 10.2 Å². The zero-order valence-corrected chi connectivity index (χ0v) is 12.0. The molecule has 2 heterocycles. The Morgan fingerprint density at radius 2 is 2.16 bits per heavy atom. The molecule has 6 heteroatoms. The maximum absolute atomic E-state index is 12.0. The average Bonchev–Trinajstić information content (AvgIpc) is 2.68. The predicted molar refractivity (Wildman–Crippen MR) is 74.9 cm³/mol. The van der Waals surface area contributed by atoms with E-state index in [4.69, 9.17) is 4.74 Å². The van der Waals surface area contributed by atoms with Gasteiger partial charge in [0.1, 0.15) is 15.5 Å². The molecule has 0 saturated carbocycles. The fourth-order valence-corrected chi connectivity index (χ4v) is 3.03. The van der Waals surface area contributed by atoms with Crippen LogP contribution in [0.2, 0.25) is 0 Å². The van der Waals surface area contributed by atoms with Crippen molar-refractivity contribution in [2.45, 2.75) is 33.6 Å². The molecule has 1 N–H and O–H groups in total. The average molecular weight is 280 g/mol. The predicted octanol–water partition coefficient (Wildman–Crippen LogP) is 2.42. The highest BCUT2D eigenvalue weighted by molar-refractivity contribution is 7.20. The molecule has 0 radical (unpaired) electrons. The topological polar surface area (TPSA) is 72.0 Å². The molecule has 0 fully saturated rings. The monoisotopic (exact) mass is 280 g/mol. The van der Waals surface area contributed by atoms with Crippen molar-refractivity contribution in [1.29, 1.82) is 0 Å². The van der Waals surface area contributed by atoms with Gasteiger partial charge in [0.2, 0.25) is 0 Å². The highest BCUT2D eigenvalue weighted by Gasteiger charge is 2.19. The molecule has 19 heavy (non-hydrogen) atoms. The Hall–Kier alpha value is -1.69. The summed E-state index contributed by atoms with van der Waals surface area (Å²) in [5, 5.41) is 0.493. The number of H-pyrrole nitrogens is 1. The van der Waals surface area contributed by atoms with Gasteiger partial charge in [-0.2, -0.15) is 0 Å². The molecule has 102 valence electrons. The number of rotatable bonds is 4. The number of aromatic nitrogens is 2. The zero-order valence-electron chi connectivity index (χ0n) is 11.2. The molecule has 0 aromatic carbocycles. The van der Waals surface area contributed by atoms with Gasteiger partial charge in [0.05, 0.1) is 12.0 Å². The number of nitrogens with one attached hydrogen (secondary N) is 1. The highest BCUT2D eigenvalue weighted by atomic mass is 32.1. The number of esters is 1. The zero-order chi connectivity index (χ0) is 14.0. The molecule has 0 aliphatic rings. The molecule has 2 aromatic rings. The van der Waals surface area contributed by atoms with Gasteiger partial charge in [0.15, 0.2) is 0 Å². The van der Waals surface area contributed by atoms with Crippen molar-refractivity contribution in [3.8, 4) is 0 Å². The molecular formula is C13H16N2O3S. The van der Waals surface area contributed by atoms with Crippen LogP contribution in [0.15, 0.2) is 4.79 Å². The number of ether oxygens (including phenoxy) is 1. The van der Waals surface area contributed by atoms with E-state index in [1.54, 1.807) is 13.8 Å². The Balaban J connectivity index is 2.59. The molecule has 0 aliphatic carbocycles. The van der Waals surface area contributed by atoms with Crippen molar-refractivity contribution >= 4 is 27.5 Å². The van der Waals surface area contributed by atoms with Crippen LogP contribution in [0.4, 0.5) is 0 Å². The number of carbonyl (C=O) groups excluding carboxylic acids is 1. The number of fused-ring (bicyclic) bond motifs is 1. The Labute approximate surface area is 114 Å². The summed E-state index contributed by atoms with van der Waals surface area (Å²) >= 11 is 1.22. The van der Waals surface area contributed by atoms with Crippen molar-refractivity contribution in [2.75, 3.05) is 6.61 Å². The van der Waals surface area contributed by atoms with E-state index in [0.717, 1.165) is 12.8 Å². The molecule has 2 rings (SSSR count). The number of thiophene rings is 1. The summed E-state index contributed by atoms with van der Waals surface area (Å²) in [6.45, 7) is 5.85. The summed E-state index contributed by atoms with van der Waals surface area (Å²) in [5.74, 6) is 0.274. The van der Waals surface area contributed by atoms with E-state index in [9.17, 15) is 9.59 Å². The van der Waals surface area contributed by atoms with Crippen LogP contribution in [0, 0.1) is 6.92 Å². The Morgan fingerprint density at radius 1 is 1.42 bits per heavy atom. The van der Waals surface area contributed by atoms with E-state index in [2.05, 4.69) is 9.97 Å². The SMILES string of the molecule is CCCc1nc2sc(C(=O)OCC)c(C)c2c(=O)[nH]1. The number of hydrogen-bond acceptors (Lipinski definition) is 5. The molecule has 0 atom stereocenters. The Morgan fingerprint density at radius 3 is 2.79 bits per heavy atom. The van der Waals surface area contributed by atoms with E-state index >= 15 is 0 Å². The minimum Gasteiger partial charge on any atom is -0.462 e. The second kappa shape index (κ2) is 5.52. The lowest BCUT2D eigenvalue weighted by molar-refractivity contribution is 0.0531. The minimum absolute atomic E-state index is 0.183. The van der Waals surface area contributed by atoms with Crippen molar-refractivity contribution in [3.05, 3.63) is 26.6 Å². The van der Waals surface area contributed by atoms with Crippen LogP contribution < -0.4 is 5.56 Å². The van der Waals surface area contributed by atoms with Crippen molar-refractivity contribution in [3.63, 3.8) is 0 Å². The first kappa shape index (κ1) is 13.7. The molecule has 2 aromatic heterocycles. The normalized spacial score (nSPS) is 10.9. The van der Waals surface area contributed by atoms with E-state index in [1.807, 2.05) is 6.92 Å². The number of carbonyl (C=O) groups is 1. The van der Waals surface area contributed by atoms with Crippen LogP contribution in [0.1, 0.15) is 41.3 Å². The van der Waals surface area contributed by atoms with Crippen molar-refractivity contribution in [1.82, 2.24) is 9.97 Å². The van der Waals surface area contributed by atoms with E-state index < -0.39 is 0 Å². The van der Waals surface area contributed by atoms with Crippen LogP contribution in [-0.2, 0) is 11.2 Å². The Kier molecular flexibility index (Phi) is 3.99. The molecule has 0 spiro atoms. The summed E-state index contributed by atoms with van der Waals surface area (Å²) in [6, 6.07) is 0. The minimum atomic E-state index is -0.389. The molecule has 0 unspecified atom stereocenters. The van der Waals surface area contributed by atoms with Gasteiger partial charge < -0.3 is 9.72 Å².